The van der Waals surface area contributed by atoms with E-state index >= 15 is 0 Å². The van der Waals surface area contributed by atoms with Crippen LogP contribution >= 0.6 is 0 Å². The minimum absolute atomic E-state index is 0.0234. The highest BCUT2D eigenvalue weighted by Gasteiger charge is 2.26. The molecule has 0 saturated carbocycles. The van der Waals surface area contributed by atoms with Crippen LogP contribution < -0.4 is 15.4 Å². The highest BCUT2D eigenvalue weighted by Crippen LogP contribution is 2.31. The number of nitrogens with two attached hydrogens (primary N) is 1. The van der Waals surface area contributed by atoms with Crippen LogP contribution in [0.2, 0.25) is 0 Å². The molecule has 8 heteroatoms. The Morgan fingerprint density at radius 1 is 1.33 bits per heavy atom. The lowest BCUT2D eigenvalue weighted by molar-refractivity contribution is 0.414. The zero-order chi connectivity index (χ0) is 15.8. The predicted octanol–water partition coefficient (Wildman–Crippen LogP) is 0.933. The molecule has 0 aliphatic rings. The Morgan fingerprint density at radius 2 is 2.00 bits per heavy atom. The van der Waals surface area contributed by atoms with Crippen LogP contribution in [0.1, 0.15) is 0 Å². The molecule has 2 N–H and O–H groups in total. The molecule has 2 rings (SSSR count). The maximum absolute atomic E-state index is 12.0. The molecule has 0 spiro atoms. The fourth-order valence-electron chi connectivity index (χ4n) is 1.99. The van der Waals surface area contributed by atoms with Crippen LogP contribution in [0.4, 0.5) is 11.6 Å². The molecular formula is C13H18N4O3S. The molecule has 2 aromatic rings. The number of nitrogens with zero attached hydrogens (tertiary/aromatic N) is 3. The zero-order valence-corrected chi connectivity index (χ0v) is 13.2. The Kier molecular flexibility index (Phi) is 3.82. The van der Waals surface area contributed by atoms with E-state index in [1.807, 2.05) is 0 Å². The molecule has 0 unspecified atom stereocenters. The summed E-state index contributed by atoms with van der Waals surface area (Å²) in [6.07, 6.45) is 1.11. The van der Waals surface area contributed by atoms with Gasteiger partial charge in [0.15, 0.2) is 20.6 Å². The van der Waals surface area contributed by atoms with Crippen LogP contribution in [0.25, 0.3) is 5.69 Å². The van der Waals surface area contributed by atoms with Gasteiger partial charge in [0, 0.05) is 26.4 Å². The lowest BCUT2D eigenvalue weighted by Crippen LogP contribution is -2.13. The summed E-state index contributed by atoms with van der Waals surface area (Å²) in [5, 5.41) is 4.30. The topological polar surface area (TPSA) is 90.5 Å². The Labute approximate surface area is 123 Å². The minimum atomic E-state index is -3.49. The summed E-state index contributed by atoms with van der Waals surface area (Å²) < 4.78 is 30.5. The third-order valence-electron chi connectivity index (χ3n) is 2.95. The van der Waals surface area contributed by atoms with E-state index in [1.54, 1.807) is 50.4 Å². The van der Waals surface area contributed by atoms with Crippen molar-refractivity contribution in [2.24, 2.45) is 0 Å². The van der Waals surface area contributed by atoms with Gasteiger partial charge in [-0.15, -0.1) is 5.10 Å². The van der Waals surface area contributed by atoms with Crippen LogP contribution in [-0.4, -0.2) is 45.7 Å². The van der Waals surface area contributed by atoms with E-state index in [1.165, 1.54) is 4.68 Å². The average molecular weight is 310 g/mol. The molecule has 0 aliphatic carbocycles. The largest absolute Gasteiger partial charge is 0.497 e. The van der Waals surface area contributed by atoms with Gasteiger partial charge in [-0.1, -0.05) is 6.07 Å². The predicted molar refractivity (Wildman–Crippen MR) is 82.0 cm³/mol. The SMILES string of the molecule is COc1cccc(-n2nc(N(C)C)c(S(C)(=O)=O)c2N)c1. The first kappa shape index (κ1) is 15.2. The summed E-state index contributed by atoms with van der Waals surface area (Å²) >= 11 is 0. The first-order valence-electron chi connectivity index (χ1n) is 6.16. The van der Waals surface area contributed by atoms with Crippen LogP contribution in [-0.2, 0) is 9.84 Å². The molecule has 0 radical (unpaired) electrons. The third kappa shape index (κ3) is 2.80. The zero-order valence-electron chi connectivity index (χ0n) is 12.4. The van der Waals surface area contributed by atoms with E-state index in [-0.39, 0.29) is 10.7 Å². The van der Waals surface area contributed by atoms with Gasteiger partial charge in [-0.05, 0) is 12.1 Å². The van der Waals surface area contributed by atoms with E-state index in [2.05, 4.69) is 5.10 Å². The Balaban J connectivity index is 2.71. The summed E-state index contributed by atoms with van der Waals surface area (Å²) in [7, 11) is 1.49. The summed E-state index contributed by atoms with van der Waals surface area (Å²) in [5.41, 5.74) is 6.63. The van der Waals surface area contributed by atoms with Gasteiger partial charge in [0.25, 0.3) is 0 Å². The van der Waals surface area contributed by atoms with Crippen molar-refractivity contribution in [3.63, 3.8) is 0 Å². The molecule has 0 atom stereocenters. The highest BCUT2D eigenvalue weighted by molar-refractivity contribution is 7.91. The number of aromatic nitrogens is 2. The fourth-order valence-corrected chi connectivity index (χ4v) is 3.01. The van der Waals surface area contributed by atoms with Gasteiger partial charge in [0.05, 0.1) is 12.8 Å². The van der Waals surface area contributed by atoms with Gasteiger partial charge in [-0.2, -0.15) is 0 Å². The van der Waals surface area contributed by atoms with Gasteiger partial charge < -0.3 is 15.4 Å². The molecule has 7 nitrogen and oxygen atoms in total. The second kappa shape index (κ2) is 5.28. The summed E-state index contributed by atoms with van der Waals surface area (Å²) in [5.74, 6) is 1.02. The number of hydrogen-bond acceptors (Lipinski definition) is 6. The first-order valence-corrected chi connectivity index (χ1v) is 8.05. The van der Waals surface area contributed by atoms with Crippen LogP contribution in [0.3, 0.4) is 0 Å². The summed E-state index contributed by atoms with van der Waals surface area (Å²) in [6, 6.07) is 7.07. The Morgan fingerprint density at radius 3 is 2.48 bits per heavy atom. The van der Waals surface area contributed by atoms with E-state index in [4.69, 9.17) is 10.5 Å². The Hall–Kier alpha value is -2.22. The second-order valence-electron chi connectivity index (χ2n) is 4.82. The number of methoxy groups -OCH3 is 1. The molecule has 1 aromatic heterocycles. The quantitative estimate of drug-likeness (QED) is 0.903. The highest BCUT2D eigenvalue weighted by atomic mass is 32.2. The molecule has 0 saturated heterocycles. The number of nitrogen functional groups attached to an aromatic ring is 1. The maximum atomic E-state index is 12.0. The van der Waals surface area contributed by atoms with E-state index < -0.39 is 9.84 Å². The summed E-state index contributed by atoms with van der Waals surface area (Å²) in [4.78, 5) is 1.64. The molecule has 0 bridgehead atoms. The van der Waals surface area contributed by atoms with Crippen molar-refractivity contribution in [2.75, 3.05) is 38.1 Å². The van der Waals surface area contributed by atoms with Crippen LogP contribution in [0.5, 0.6) is 5.75 Å². The molecule has 1 heterocycles. The summed E-state index contributed by atoms with van der Waals surface area (Å²) in [6.45, 7) is 0. The molecule has 21 heavy (non-hydrogen) atoms. The number of hydrogen-bond donors (Lipinski definition) is 1. The van der Waals surface area contributed by atoms with E-state index in [9.17, 15) is 8.42 Å². The van der Waals surface area contributed by atoms with Crippen LogP contribution in [0, 0.1) is 0 Å². The third-order valence-corrected chi connectivity index (χ3v) is 4.08. The molecule has 0 aliphatic heterocycles. The van der Waals surface area contributed by atoms with Crippen molar-refractivity contribution in [1.82, 2.24) is 9.78 Å². The van der Waals surface area contributed by atoms with Crippen molar-refractivity contribution in [2.45, 2.75) is 4.90 Å². The minimum Gasteiger partial charge on any atom is -0.497 e. The average Bonchev–Trinajstić information content (AvgIpc) is 2.76. The molecule has 114 valence electrons. The molecule has 1 aromatic carbocycles. The molecule has 0 fully saturated rings. The van der Waals surface area contributed by atoms with Crippen molar-refractivity contribution < 1.29 is 13.2 Å². The number of sulfone groups is 1. The molecular weight excluding hydrogens is 292 g/mol. The van der Waals surface area contributed by atoms with Gasteiger partial charge >= 0.3 is 0 Å². The van der Waals surface area contributed by atoms with Gasteiger partial charge in [-0.3, -0.25) is 0 Å². The van der Waals surface area contributed by atoms with Gasteiger partial charge in [0.2, 0.25) is 0 Å². The number of ether oxygens (including phenoxy) is 1. The number of rotatable bonds is 4. The number of benzene rings is 1. The molecule has 0 amide bonds. The van der Waals surface area contributed by atoms with E-state index in [0.717, 1.165) is 6.26 Å². The standard InChI is InChI=1S/C13H18N4O3S/c1-16(2)13-11(21(4,18)19)12(14)17(15-13)9-6-5-7-10(8-9)20-3/h5-8H,14H2,1-4H3. The second-order valence-corrected chi connectivity index (χ2v) is 6.77. The fraction of sp³-hybridized carbons (Fsp3) is 0.308. The lowest BCUT2D eigenvalue weighted by Gasteiger charge is -2.09. The van der Waals surface area contributed by atoms with Crippen molar-refractivity contribution >= 4 is 21.5 Å². The number of anilines is 2. The van der Waals surface area contributed by atoms with E-state index in [0.29, 0.717) is 17.3 Å². The van der Waals surface area contributed by atoms with Gasteiger partial charge in [0.1, 0.15) is 11.6 Å². The monoisotopic (exact) mass is 310 g/mol. The maximum Gasteiger partial charge on any atom is 0.182 e. The van der Waals surface area contributed by atoms with Gasteiger partial charge in [-0.25, -0.2) is 13.1 Å². The van der Waals surface area contributed by atoms with Crippen LogP contribution in [0.15, 0.2) is 29.2 Å². The smallest absolute Gasteiger partial charge is 0.182 e. The van der Waals surface area contributed by atoms with Crippen molar-refractivity contribution in [3.8, 4) is 11.4 Å². The first-order chi connectivity index (χ1) is 9.75. The normalized spacial score (nSPS) is 11.4. The lowest BCUT2D eigenvalue weighted by atomic mass is 10.3. The van der Waals surface area contributed by atoms with Crippen molar-refractivity contribution in [1.29, 1.82) is 0 Å². The Bertz CT molecular complexity index is 766. The van der Waals surface area contributed by atoms with Crippen molar-refractivity contribution in [3.05, 3.63) is 24.3 Å².